The number of benzene rings is 2. The van der Waals surface area contributed by atoms with Crippen LogP contribution in [-0.2, 0) is 4.79 Å². The molecule has 0 aliphatic heterocycles. The van der Waals surface area contributed by atoms with Gasteiger partial charge in [0.05, 0.1) is 11.1 Å². The Labute approximate surface area is 144 Å². The molecule has 2 atom stereocenters. The smallest absolute Gasteiger partial charge is 0.261 e. The molecule has 2 rings (SSSR count). The summed E-state index contributed by atoms with van der Waals surface area (Å²) in [6, 6.07) is 10.5. The molecule has 0 aliphatic rings. The van der Waals surface area contributed by atoms with Gasteiger partial charge in [-0.15, -0.1) is 0 Å². The van der Waals surface area contributed by atoms with Crippen LogP contribution in [0.2, 0.25) is 10.0 Å². The molecule has 0 fully saturated rings. The number of nitrogens with one attached hydrogen (secondary N) is 1. The van der Waals surface area contributed by atoms with E-state index in [0.29, 0.717) is 15.8 Å². The van der Waals surface area contributed by atoms with Crippen LogP contribution in [0.1, 0.15) is 25.5 Å². The summed E-state index contributed by atoms with van der Waals surface area (Å²) in [5.74, 6) is -0.234. The lowest BCUT2D eigenvalue weighted by molar-refractivity contribution is -0.127. The molecule has 23 heavy (non-hydrogen) atoms. The van der Waals surface area contributed by atoms with Crippen LogP contribution in [-0.4, -0.2) is 12.0 Å². The fourth-order valence-corrected chi connectivity index (χ4v) is 2.43. The highest BCUT2D eigenvalue weighted by Gasteiger charge is 2.18. The first kappa shape index (κ1) is 17.6. The summed E-state index contributed by atoms with van der Waals surface area (Å²) in [7, 11) is 0. The standard InChI is InChI=1S/C17H16Cl2FNO2/c1-10(12-3-6-14(20)7-4-12)21-17(22)11(2)23-16-8-5-13(18)9-15(16)19/h3-11H,1-2H3,(H,21,22)/t10-,11+/m1/s1. The monoisotopic (exact) mass is 355 g/mol. The molecule has 0 unspecified atom stereocenters. The molecular formula is C17H16Cl2FNO2. The van der Waals surface area contributed by atoms with Crippen LogP contribution >= 0.6 is 23.2 Å². The number of hydrogen-bond donors (Lipinski definition) is 1. The molecule has 3 nitrogen and oxygen atoms in total. The summed E-state index contributed by atoms with van der Waals surface area (Å²) in [5, 5.41) is 3.64. The number of ether oxygens (including phenoxy) is 1. The van der Waals surface area contributed by atoms with Crippen molar-refractivity contribution in [1.29, 1.82) is 0 Å². The molecule has 0 aliphatic carbocycles. The molecule has 0 bridgehead atoms. The molecule has 0 aromatic heterocycles. The Hall–Kier alpha value is -1.78. The Bertz CT molecular complexity index is 691. The summed E-state index contributed by atoms with van der Waals surface area (Å²) in [5.41, 5.74) is 0.802. The molecule has 1 amide bonds. The SMILES string of the molecule is C[C@H](Oc1ccc(Cl)cc1Cl)C(=O)N[C@H](C)c1ccc(F)cc1. The van der Waals surface area contributed by atoms with Gasteiger partial charge in [-0.05, 0) is 49.7 Å². The maximum atomic E-state index is 12.9. The molecule has 6 heteroatoms. The van der Waals surface area contributed by atoms with Crippen molar-refractivity contribution in [3.63, 3.8) is 0 Å². The minimum Gasteiger partial charge on any atom is -0.479 e. The largest absolute Gasteiger partial charge is 0.479 e. The van der Waals surface area contributed by atoms with Gasteiger partial charge in [-0.25, -0.2) is 4.39 Å². The summed E-state index contributed by atoms with van der Waals surface area (Å²) in [6.07, 6.45) is -0.739. The average molecular weight is 356 g/mol. The normalized spacial score (nSPS) is 13.3. The third kappa shape index (κ3) is 4.85. The zero-order valence-electron chi connectivity index (χ0n) is 12.6. The lowest BCUT2D eigenvalue weighted by atomic mass is 10.1. The molecule has 2 aromatic rings. The number of carbonyl (C=O) groups excluding carboxylic acids is 1. The van der Waals surface area contributed by atoms with Crippen molar-refractivity contribution < 1.29 is 13.9 Å². The minimum absolute atomic E-state index is 0.269. The number of amides is 1. The van der Waals surface area contributed by atoms with Gasteiger partial charge < -0.3 is 10.1 Å². The Balaban J connectivity index is 1.98. The zero-order chi connectivity index (χ0) is 17.0. The zero-order valence-corrected chi connectivity index (χ0v) is 14.2. The fraction of sp³-hybridized carbons (Fsp3) is 0.235. The van der Waals surface area contributed by atoms with E-state index in [1.807, 2.05) is 6.92 Å². The maximum Gasteiger partial charge on any atom is 0.261 e. The van der Waals surface area contributed by atoms with Gasteiger partial charge in [-0.3, -0.25) is 4.79 Å². The molecular weight excluding hydrogens is 340 g/mol. The van der Waals surface area contributed by atoms with Crippen LogP contribution in [0.15, 0.2) is 42.5 Å². The highest BCUT2D eigenvalue weighted by atomic mass is 35.5. The molecule has 0 heterocycles. The summed E-state index contributed by atoms with van der Waals surface area (Å²) >= 11 is 11.8. The Morgan fingerprint density at radius 3 is 2.39 bits per heavy atom. The van der Waals surface area contributed by atoms with E-state index >= 15 is 0 Å². The van der Waals surface area contributed by atoms with E-state index in [1.165, 1.54) is 12.1 Å². The number of carbonyl (C=O) groups is 1. The predicted octanol–water partition coefficient (Wildman–Crippen LogP) is 4.78. The summed E-state index contributed by atoms with van der Waals surface area (Å²) in [6.45, 7) is 3.44. The highest BCUT2D eigenvalue weighted by Crippen LogP contribution is 2.28. The molecule has 0 saturated heterocycles. The van der Waals surface area contributed by atoms with Gasteiger partial charge in [0.2, 0.25) is 0 Å². The van der Waals surface area contributed by atoms with E-state index in [2.05, 4.69) is 5.32 Å². The van der Waals surface area contributed by atoms with Crippen molar-refractivity contribution in [2.24, 2.45) is 0 Å². The fourth-order valence-electron chi connectivity index (χ4n) is 1.98. The Morgan fingerprint density at radius 1 is 1.13 bits per heavy atom. The van der Waals surface area contributed by atoms with Gasteiger partial charge in [0.15, 0.2) is 6.10 Å². The van der Waals surface area contributed by atoms with Crippen molar-refractivity contribution in [3.05, 3.63) is 63.9 Å². The molecule has 2 aromatic carbocycles. The molecule has 122 valence electrons. The Morgan fingerprint density at radius 2 is 1.78 bits per heavy atom. The first-order chi connectivity index (χ1) is 10.9. The first-order valence-corrected chi connectivity index (χ1v) is 7.80. The van der Waals surface area contributed by atoms with E-state index in [4.69, 9.17) is 27.9 Å². The number of halogens is 3. The van der Waals surface area contributed by atoms with Crippen molar-refractivity contribution in [2.75, 3.05) is 0 Å². The van der Waals surface area contributed by atoms with Crippen LogP contribution in [0.5, 0.6) is 5.75 Å². The lowest BCUT2D eigenvalue weighted by Gasteiger charge is -2.19. The van der Waals surface area contributed by atoms with Crippen LogP contribution in [0, 0.1) is 5.82 Å². The van der Waals surface area contributed by atoms with Gasteiger partial charge in [0, 0.05) is 5.02 Å². The van der Waals surface area contributed by atoms with E-state index in [1.54, 1.807) is 37.3 Å². The van der Waals surface area contributed by atoms with Crippen LogP contribution < -0.4 is 10.1 Å². The van der Waals surface area contributed by atoms with Gasteiger partial charge in [-0.1, -0.05) is 35.3 Å². The third-order valence-electron chi connectivity index (χ3n) is 3.30. The second-order valence-electron chi connectivity index (χ2n) is 5.12. The number of hydrogen-bond acceptors (Lipinski definition) is 2. The van der Waals surface area contributed by atoms with Crippen molar-refractivity contribution in [3.8, 4) is 5.75 Å². The van der Waals surface area contributed by atoms with Crippen LogP contribution in [0.25, 0.3) is 0 Å². The maximum absolute atomic E-state index is 12.9. The molecule has 0 saturated carbocycles. The summed E-state index contributed by atoms with van der Waals surface area (Å²) < 4.78 is 18.5. The third-order valence-corrected chi connectivity index (χ3v) is 3.83. The van der Waals surface area contributed by atoms with Crippen molar-refractivity contribution in [2.45, 2.75) is 26.0 Å². The average Bonchev–Trinajstić information content (AvgIpc) is 2.50. The van der Waals surface area contributed by atoms with Crippen LogP contribution in [0.4, 0.5) is 4.39 Å². The van der Waals surface area contributed by atoms with E-state index < -0.39 is 6.10 Å². The van der Waals surface area contributed by atoms with Crippen LogP contribution in [0.3, 0.4) is 0 Å². The van der Waals surface area contributed by atoms with Gasteiger partial charge >= 0.3 is 0 Å². The topological polar surface area (TPSA) is 38.3 Å². The summed E-state index contributed by atoms with van der Waals surface area (Å²) in [4.78, 5) is 12.2. The predicted molar refractivity (Wildman–Crippen MR) is 89.5 cm³/mol. The molecule has 0 radical (unpaired) electrons. The lowest BCUT2D eigenvalue weighted by Crippen LogP contribution is -2.37. The second kappa shape index (κ2) is 7.66. The first-order valence-electron chi connectivity index (χ1n) is 7.04. The second-order valence-corrected chi connectivity index (χ2v) is 5.96. The highest BCUT2D eigenvalue weighted by molar-refractivity contribution is 6.35. The Kier molecular flexibility index (Phi) is 5.85. The van der Waals surface area contributed by atoms with Gasteiger partial charge in [0.25, 0.3) is 5.91 Å². The van der Waals surface area contributed by atoms with E-state index in [9.17, 15) is 9.18 Å². The van der Waals surface area contributed by atoms with E-state index in [-0.39, 0.29) is 17.8 Å². The van der Waals surface area contributed by atoms with Crippen molar-refractivity contribution in [1.82, 2.24) is 5.32 Å². The quantitative estimate of drug-likeness (QED) is 0.838. The van der Waals surface area contributed by atoms with Gasteiger partial charge in [-0.2, -0.15) is 0 Å². The number of rotatable bonds is 5. The molecule has 1 N–H and O–H groups in total. The van der Waals surface area contributed by atoms with E-state index in [0.717, 1.165) is 5.56 Å². The molecule has 0 spiro atoms. The van der Waals surface area contributed by atoms with Crippen molar-refractivity contribution >= 4 is 29.1 Å². The van der Waals surface area contributed by atoms with Gasteiger partial charge in [0.1, 0.15) is 11.6 Å². The minimum atomic E-state index is -0.739.